The van der Waals surface area contributed by atoms with Gasteiger partial charge >= 0.3 is 0 Å². The van der Waals surface area contributed by atoms with E-state index in [1.807, 2.05) is 12.1 Å². The number of carbonyl (C=O) groups is 2. The van der Waals surface area contributed by atoms with Crippen molar-refractivity contribution in [2.75, 3.05) is 0 Å². The Hall–Kier alpha value is -1.15. The minimum atomic E-state index is -0.922. The van der Waals surface area contributed by atoms with Gasteiger partial charge in [-0.1, -0.05) is 24.3 Å². The second kappa shape index (κ2) is 2.67. The third-order valence-corrected chi connectivity index (χ3v) is 6.92. The molecule has 0 aliphatic heterocycles. The fourth-order valence-corrected chi connectivity index (χ4v) is 5.92. The number of halogens is 1. The number of alkyl halides is 1. The maximum absolute atomic E-state index is 12.8. The van der Waals surface area contributed by atoms with Crippen LogP contribution >= 0.6 is 11.6 Å². The number of benzene rings is 1. The molecule has 1 aromatic carbocycles. The highest BCUT2D eigenvalue weighted by Crippen LogP contribution is 2.90. The van der Waals surface area contributed by atoms with Crippen molar-refractivity contribution in [3.63, 3.8) is 0 Å². The average Bonchev–Trinajstić information content (AvgIpc) is 3.27. The first-order valence-corrected chi connectivity index (χ1v) is 7.33. The van der Waals surface area contributed by atoms with Crippen LogP contribution in [0.4, 0.5) is 0 Å². The van der Waals surface area contributed by atoms with Crippen LogP contribution in [0, 0.1) is 16.7 Å². The molecule has 1 aromatic rings. The second-order valence-electron chi connectivity index (χ2n) is 6.62. The van der Waals surface area contributed by atoms with Gasteiger partial charge in [0.15, 0.2) is 11.6 Å². The van der Waals surface area contributed by atoms with Gasteiger partial charge in [-0.3, -0.25) is 9.59 Å². The maximum atomic E-state index is 12.8. The number of hydrogen-bond donors (Lipinski definition) is 0. The van der Waals surface area contributed by atoms with E-state index in [0.717, 1.165) is 25.7 Å². The lowest BCUT2D eigenvalue weighted by molar-refractivity contribution is -0.0204. The Morgan fingerprint density at radius 2 is 1.63 bits per heavy atom. The number of hydrogen-bond acceptors (Lipinski definition) is 2. The maximum Gasteiger partial charge on any atom is 0.185 e. The zero-order chi connectivity index (χ0) is 13.0. The molecular weight excluding hydrogens is 260 g/mol. The fourth-order valence-electron chi connectivity index (χ4n) is 5.13. The molecule has 3 fully saturated rings. The molecular formula is C16H13ClO2. The van der Waals surface area contributed by atoms with E-state index >= 15 is 0 Å². The summed E-state index contributed by atoms with van der Waals surface area (Å²) < 4.78 is 0. The molecule has 0 unspecified atom stereocenters. The van der Waals surface area contributed by atoms with Gasteiger partial charge in [0.05, 0.1) is 5.92 Å². The van der Waals surface area contributed by atoms with Crippen molar-refractivity contribution < 1.29 is 9.59 Å². The van der Waals surface area contributed by atoms with Gasteiger partial charge in [-0.2, -0.15) is 0 Å². The summed E-state index contributed by atoms with van der Waals surface area (Å²) in [7, 11) is 0. The molecule has 4 aliphatic rings. The van der Waals surface area contributed by atoms with Crippen LogP contribution < -0.4 is 0 Å². The SMILES string of the molecule is O=C1c2ccccc2C(=O)[C@@]2(Cl)[C@@H]1C1(CC1)C21CC1. The molecule has 2 atom stereocenters. The Labute approximate surface area is 116 Å². The average molecular weight is 273 g/mol. The largest absolute Gasteiger partial charge is 0.294 e. The van der Waals surface area contributed by atoms with Crippen LogP contribution in [0.1, 0.15) is 46.4 Å². The lowest BCUT2D eigenvalue weighted by atomic mass is 9.44. The summed E-state index contributed by atoms with van der Waals surface area (Å²) in [6.07, 6.45) is 4.20. The van der Waals surface area contributed by atoms with Gasteiger partial charge < -0.3 is 0 Å². The van der Waals surface area contributed by atoms with Gasteiger partial charge in [0.1, 0.15) is 4.87 Å². The Bertz CT molecular complexity index is 669. The molecule has 5 rings (SSSR count). The molecule has 4 aliphatic carbocycles. The molecule has 0 amide bonds. The van der Waals surface area contributed by atoms with E-state index in [4.69, 9.17) is 11.6 Å². The lowest BCUT2D eigenvalue weighted by Gasteiger charge is -2.60. The van der Waals surface area contributed by atoms with Crippen LogP contribution in [-0.2, 0) is 0 Å². The molecule has 0 heterocycles. The Balaban J connectivity index is 1.79. The van der Waals surface area contributed by atoms with E-state index in [1.54, 1.807) is 12.1 Å². The number of rotatable bonds is 0. The minimum absolute atomic E-state index is 0.00407. The molecule has 2 spiro atoms. The fraction of sp³-hybridized carbons (Fsp3) is 0.500. The summed E-state index contributed by atoms with van der Waals surface area (Å²) in [6, 6.07) is 7.18. The van der Waals surface area contributed by atoms with Crippen molar-refractivity contribution in [3.8, 4) is 0 Å². The first-order chi connectivity index (χ1) is 9.08. The summed E-state index contributed by atoms with van der Waals surface area (Å²) in [6.45, 7) is 0. The van der Waals surface area contributed by atoms with E-state index in [1.165, 1.54) is 0 Å². The molecule has 0 radical (unpaired) electrons. The summed E-state index contributed by atoms with van der Waals surface area (Å²) in [4.78, 5) is 24.7. The first-order valence-electron chi connectivity index (χ1n) is 6.95. The Morgan fingerprint density at radius 1 is 1.00 bits per heavy atom. The molecule has 0 saturated heterocycles. The Morgan fingerprint density at radius 3 is 2.21 bits per heavy atom. The highest BCUT2D eigenvalue weighted by atomic mass is 35.5. The minimum Gasteiger partial charge on any atom is -0.294 e. The van der Waals surface area contributed by atoms with Crippen LogP contribution in [0.25, 0.3) is 0 Å². The van der Waals surface area contributed by atoms with Gasteiger partial charge in [-0.25, -0.2) is 0 Å². The topological polar surface area (TPSA) is 34.1 Å². The van der Waals surface area contributed by atoms with Crippen molar-refractivity contribution in [3.05, 3.63) is 35.4 Å². The summed E-state index contributed by atoms with van der Waals surface area (Å²) in [5.41, 5.74) is 1.16. The number of Topliss-reactive ketones (excluding diaryl/α,β-unsaturated/α-hetero) is 2. The van der Waals surface area contributed by atoms with Crippen LogP contribution in [-0.4, -0.2) is 16.4 Å². The number of fused-ring (bicyclic) bond motifs is 5. The van der Waals surface area contributed by atoms with E-state index in [2.05, 4.69) is 0 Å². The van der Waals surface area contributed by atoms with Crippen LogP contribution in [0.5, 0.6) is 0 Å². The third kappa shape index (κ3) is 0.807. The van der Waals surface area contributed by atoms with Crippen molar-refractivity contribution >= 4 is 23.2 Å². The van der Waals surface area contributed by atoms with E-state index in [0.29, 0.717) is 11.1 Å². The van der Waals surface area contributed by atoms with E-state index in [-0.39, 0.29) is 28.3 Å². The monoisotopic (exact) mass is 272 g/mol. The molecule has 3 saturated carbocycles. The Kier molecular flexibility index (Phi) is 1.49. The lowest BCUT2D eigenvalue weighted by Crippen LogP contribution is -2.71. The molecule has 2 nitrogen and oxygen atoms in total. The zero-order valence-electron chi connectivity index (χ0n) is 10.4. The van der Waals surface area contributed by atoms with Crippen LogP contribution in [0.15, 0.2) is 24.3 Å². The first kappa shape index (κ1) is 10.6. The van der Waals surface area contributed by atoms with Crippen molar-refractivity contribution in [2.24, 2.45) is 16.7 Å². The quantitative estimate of drug-likeness (QED) is 0.680. The smallest absolute Gasteiger partial charge is 0.185 e. The molecule has 3 heteroatoms. The molecule has 96 valence electrons. The molecule has 19 heavy (non-hydrogen) atoms. The highest BCUT2D eigenvalue weighted by Gasteiger charge is 2.91. The predicted octanol–water partition coefficient (Wildman–Crippen LogP) is 3.23. The molecule has 0 N–H and O–H groups in total. The standard InChI is InChI=1S/C16H13ClO2/c17-16-12(14(5-6-14)15(16)7-8-15)11(18)9-3-1-2-4-10(9)13(16)19/h1-4,12H,5-8H2/t12-,16-/m0/s1. The van der Waals surface area contributed by atoms with Crippen molar-refractivity contribution in [1.29, 1.82) is 0 Å². The van der Waals surface area contributed by atoms with Gasteiger partial charge in [0.2, 0.25) is 0 Å². The zero-order valence-corrected chi connectivity index (χ0v) is 11.2. The summed E-state index contributed by atoms with van der Waals surface area (Å²) in [5.74, 6) is -0.142. The van der Waals surface area contributed by atoms with E-state index < -0.39 is 4.87 Å². The van der Waals surface area contributed by atoms with E-state index in [9.17, 15) is 9.59 Å². The van der Waals surface area contributed by atoms with Gasteiger partial charge in [0, 0.05) is 16.5 Å². The summed E-state index contributed by atoms with van der Waals surface area (Å²) >= 11 is 6.79. The predicted molar refractivity (Wildman–Crippen MR) is 70.5 cm³/mol. The van der Waals surface area contributed by atoms with Crippen LogP contribution in [0.2, 0.25) is 0 Å². The normalized spacial score (nSPS) is 38.7. The number of carbonyl (C=O) groups excluding carboxylic acids is 2. The third-order valence-electron chi connectivity index (χ3n) is 6.17. The van der Waals surface area contributed by atoms with Crippen LogP contribution in [0.3, 0.4) is 0 Å². The van der Waals surface area contributed by atoms with Crippen molar-refractivity contribution in [1.82, 2.24) is 0 Å². The van der Waals surface area contributed by atoms with Gasteiger partial charge in [-0.15, -0.1) is 11.6 Å². The molecule has 0 bridgehead atoms. The number of ketones is 2. The van der Waals surface area contributed by atoms with Gasteiger partial charge in [-0.05, 0) is 31.1 Å². The highest BCUT2D eigenvalue weighted by molar-refractivity contribution is 6.45. The van der Waals surface area contributed by atoms with Crippen molar-refractivity contribution in [2.45, 2.75) is 30.6 Å². The molecule has 0 aromatic heterocycles. The summed E-state index contributed by atoms with van der Waals surface area (Å²) in [5, 5.41) is 0. The second-order valence-corrected chi connectivity index (χ2v) is 7.22. The van der Waals surface area contributed by atoms with Gasteiger partial charge in [0.25, 0.3) is 0 Å².